The number of carbonyl (C=O) groups is 1. The quantitative estimate of drug-likeness (QED) is 0.920. The minimum absolute atomic E-state index is 0.170. The first-order chi connectivity index (χ1) is 8.66. The van der Waals surface area contributed by atoms with Crippen LogP contribution in [0.2, 0.25) is 0 Å². The van der Waals surface area contributed by atoms with Crippen LogP contribution in [-0.4, -0.2) is 15.9 Å². The summed E-state index contributed by atoms with van der Waals surface area (Å²) in [7, 11) is 0. The fourth-order valence-electron chi connectivity index (χ4n) is 1.41. The highest BCUT2D eigenvalue weighted by atomic mass is 32.1. The molecule has 5 heteroatoms. The van der Waals surface area contributed by atoms with Crippen LogP contribution in [0.15, 0.2) is 29.8 Å². The first kappa shape index (κ1) is 12.7. The van der Waals surface area contributed by atoms with Crippen molar-refractivity contribution in [1.29, 1.82) is 0 Å². The van der Waals surface area contributed by atoms with E-state index in [2.05, 4.69) is 29.1 Å². The second kappa shape index (κ2) is 5.73. The van der Waals surface area contributed by atoms with Crippen molar-refractivity contribution >= 4 is 17.2 Å². The molecule has 0 unspecified atom stereocenters. The average molecular weight is 261 g/mol. The van der Waals surface area contributed by atoms with E-state index in [-0.39, 0.29) is 5.91 Å². The number of carbonyl (C=O) groups excluding carboxylic acids is 1. The molecule has 0 saturated carbocycles. The van der Waals surface area contributed by atoms with Crippen molar-refractivity contribution in [3.8, 4) is 0 Å². The molecule has 0 spiro atoms. The van der Waals surface area contributed by atoms with E-state index in [1.54, 1.807) is 35.7 Å². The van der Waals surface area contributed by atoms with Gasteiger partial charge in [0, 0.05) is 11.6 Å². The van der Waals surface area contributed by atoms with E-state index in [1.807, 2.05) is 5.38 Å². The molecule has 18 heavy (non-hydrogen) atoms. The first-order valence-corrected chi connectivity index (χ1v) is 6.68. The molecule has 0 saturated heterocycles. The summed E-state index contributed by atoms with van der Waals surface area (Å²) in [5, 5.41) is 5.77. The molecule has 0 aromatic carbocycles. The van der Waals surface area contributed by atoms with Crippen LogP contribution in [0.25, 0.3) is 0 Å². The summed E-state index contributed by atoms with van der Waals surface area (Å²) in [5.41, 5.74) is 1.50. The maximum Gasteiger partial charge on any atom is 0.270 e. The molecule has 0 bridgehead atoms. The lowest BCUT2D eigenvalue weighted by molar-refractivity contribution is 0.0946. The molecule has 1 amide bonds. The summed E-state index contributed by atoms with van der Waals surface area (Å²) in [6.07, 6.45) is 1.61. The molecule has 1 N–H and O–H groups in total. The summed E-state index contributed by atoms with van der Waals surface area (Å²) in [6, 6.07) is 5.27. The predicted octanol–water partition coefficient (Wildman–Crippen LogP) is 2.59. The molecular weight excluding hydrogens is 246 g/mol. The Morgan fingerprint density at radius 2 is 2.28 bits per heavy atom. The SMILES string of the molecule is CC(C)c1csc(CNC(=O)c2ccccn2)n1. The van der Waals surface area contributed by atoms with Crippen molar-refractivity contribution in [3.63, 3.8) is 0 Å². The highest BCUT2D eigenvalue weighted by molar-refractivity contribution is 7.09. The van der Waals surface area contributed by atoms with Crippen molar-refractivity contribution in [2.75, 3.05) is 0 Å². The lowest BCUT2D eigenvalue weighted by atomic mass is 10.2. The molecule has 2 aromatic rings. The number of thiazole rings is 1. The van der Waals surface area contributed by atoms with Gasteiger partial charge in [-0.25, -0.2) is 4.98 Å². The van der Waals surface area contributed by atoms with Crippen molar-refractivity contribution in [2.45, 2.75) is 26.3 Å². The zero-order chi connectivity index (χ0) is 13.0. The lowest BCUT2D eigenvalue weighted by Crippen LogP contribution is -2.23. The third-order valence-corrected chi connectivity index (χ3v) is 3.33. The smallest absolute Gasteiger partial charge is 0.270 e. The van der Waals surface area contributed by atoms with Gasteiger partial charge < -0.3 is 5.32 Å². The van der Waals surface area contributed by atoms with E-state index in [0.717, 1.165) is 10.7 Å². The van der Waals surface area contributed by atoms with Crippen molar-refractivity contribution in [1.82, 2.24) is 15.3 Å². The van der Waals surface area contributed by atoms with Gasteiger partial charge in [0.1, 0.15) is 10.7 Å². The van der Waals surface area contributed by atoms with Crippen LogP contribution >= 0.6 is 11.3 Å². The topological polar surface area (TPSA) is 54.9 Å². The van der Waals surface area contributed by atoms with Gasteiger partial charge in [-0.2, -0.15) is 0 Å². The molecule has 0 aliphatic heterocycles. The molecule has 0 atom stereocenters. The highest BCUT2D eigenvalue weighted by Gasteiger charge is 2.09. The van der Waals surface area contributed by atoms with Crippen molar-refractivity contribution in [2.24, 2.45) is 0 Å². The number of rotatable bonds is 4. The van der Waals surface area contributed by atoms with E-state index < -0.39 is 0 Å². The molecule has 0 radical (unpaired) electrons. The minimum Gasteiger partial charge on any atom is -0.344 e. The third-order valence-electron chi connectivity index (χ3n) is 2.46. The molecule has 0 aliphatic rings. The standard InChI is InChI=1S/C13H15N3OS/c1-9(2)11-8-18-12(16-11)7-15-13(17)10-5-3-4-6-14-10/h3-6,8-9H,7H2,1-2H3,(H,15,17). The van der Waals surface area contributed by atoms with Crippen molar-refractivity contribution < 1.29 is 4.79 Å². The number of hydrogen-bond acceptors (Lipinski definition) is 4. The van der Waals surface area contributed by atoms with Crippen LogP contribution in [0.3, 0.4) is 0 Å². The number of nitrogens with zero attached hydrogens (tertiary/aromatic N) is 2. The van der Waals surface area contributed by atoms with Gasteiger partial charge in [0.25, 0.3) is 5.91 Å². The maximum atomic E-state index is 11.8. The monoisotopic (exact) mass is 261 g/mol. The lowest BCUT2D eigenvalue weighted by Gasteiger charge is -2.02. The zero-order valence-electron chi connectivity index (χ0n) is 10.4. The fourth-order valence-corrected chi connectivity index (χ4v) is 2.31. The highest BCUT2D eigenvalue weighted by Crippen LogP contribution is 2.17. The van der Waals surface area contributed by atoms with E-state index in [1.165, 1.54) is 0 Å². The van der Waals surface area contributed by atoms with Gasteiger partial charge in [-0.15, -0.1) is 11.3 Å². The number of hydrogen-bond donors (Lipinski definition) is 1. The van der Waals surface area contributed by atoms with Gasteiger partial charge in [-0.1, -0.05) is 19.9 Å². The molecule has 2 heterocycles. The van der Waals surface area contributed by atoms with Crippen molar-refractivity contribution in [3.05, 3.63) is 46.2 Å². The van der Waals surface area contributed by atoms with Gasteiger partial charge in [0.15, 0.2) is 0 Å². The summed E-state index contributed by atoms with van der Waals surface area (Å²) >= 11 is 1.57. The Balaban J connectivity index is 1.93. The maximum absolute atomic E-state index is 11.8. The Morgan fingerprint density at radius 1 is 1.44 bits per heavy atom. The molecule has 2 rings (SSSR count). The van der Waals surface area contributed by atoms with Crippen LogP contribution < -0.4 is 5.32 Å². The average Bonchev–Trinajstić information content (AvgIpc) is 2.86. The molecule has 0 aliphatic carbocycles. The third kappa shape index (κ3) is 3.13. The molecule has 4 nitrogen and oxygen atoms in total. The summed E-state index contributed by atoms with van der Waals surface area (Å²) < 4.78 is 0. The summed E-state index contributed by atoms with van der Waals surface area (Å²) in [5.74, 6) is 0.249. The van der Waals surface area contributed by atoms with Crippen LogP contribution in [0.5, 0.6) is 0 Å². The van der Waals surface area contributed by atoms with Gasteiger partial charge >= 0.3 is 0 Å². The Kier molecular flexibility index (Phi) is 4.04. The number of aromatic nitrogens is 2. The van der Waals surface area contributed by atoms with E-state index in [0.29, 0.717) is 18.2 Å². The Labute approximate surface area is 110 Å². The Morgan fingerprint density at radius 3 is 2.89 bits per heavy atom. The number of amides is 1. The van der Waals surface area contributed by atoms with Gasteiger partial charge in [-0.05, 0) is 18.1 Å². The van der Waals surface area contributed by atoms with Gasteiger partial charge in [0.05, 0.1) is 12.2 Å². The van der Waals surface area contributed by atoms with Crippen LogP contribution in [0.4, 0.5) is 0 Å². The number of nitrogens with one attached hydrogen (secondary N) is 1. The fraction of sp³-hybridized carbons (Fsp3) is 0.308. The summed E-state index contributed by atoms with van der Waals surface area (Å²) in [6.45, 7) is 4.66. The van der Waals surface area contributed by atoms with Crippen LogP contribution in [0, 0.1) is 0 Å². The van der Waals surface area contributed by atoms with E-state index in [9.17, 15) is 4.79 Å². The molecule has 2 aromatic heterocycles. The van der Waals surface area contributed by atoms with Crippen LogP contribution in [0.1, 0.15) is 41.0 Å². The zero-order valence-corrected chi connectivity index (χ0v) is 11.2. The second-order valence-corrected chi connectivity index (χ2v) is 5.16. The van der Waals surface area contributed by atoms with Crippen LogP contribution in [-0.2, 0) is 6.54 Å². The molecule has 94 valence electrons. The molecule has 0 fully saturated rings. The molecular formula is C13H15N3OS. The Bertz CT molecular complexity index is 522. The van der Waals surface area contributed by atoms with E-state index in [4.69, 9.17) is 0 Å². The Hall–Kier alpha value is -1.75. The number of pyridine rings is 1. The normalized spacial score (nSPS) is 10.6. The predicted molar refractivity (Wildman–Crippen MR) is 71.6 cm³/mol. The first-order valence-electron chi connectivity index (χ1n) is 5.80. The second-order valence-electron chi connectivity index (χ2n) is 4.22. The van der Waals surface area contributed by atoms with E-state index >= 15 is 0 Å². The van der Waals surface area contributed by atoms with Gasteiger partial charge in [0.2, 0.25) is 0 Å². The largest absolute Gasteiger partial charge is 0.344 e. The van der Waals surface area contributed by atoms with Gasteiger partial charge in [-0.3, -0.25) is 9.78 Å². The summed E-state index contributed by atoms with van der Waals surface area (Å²) in [4.78, 5) is 20.2. The minimum atomic E-state index is -0.170.